The molecule has 4 heteroatoms. The van der Waals surface area contributed by atoms with E-state index in [1.807, 2.05) is 17.2 Å². The molecular formula is C14H19N3O. The molecule has 1 N–H and O–H groups in total. The summed E-state index contributed by atoms with van der Waals surface area (Å²) in [7, 11) is 0. The Labute approximate surface area is 107 Å². The van der Waals surface area contributed by atoms with Gasteiger partial charge in [-0.2, -0.15) is 0 Å². The lowest BCUT2D eigenvalue weighted by Crippen LogP contribution is -2.48. The van der Waals surface area contributed by atoms with Gasteiger partial charge in [-0.3, -0.25) is 9.78 Å². The maximum Gasteiger partial charge on any atom is 0.223 e. The van der Waals surface area contributed by atoms with Crippen LogP contribution in [0.1, 0.15) is 30.9 Å². The number of carbonyl (C=O) groups is 1. The van der Waals surface area contributed by atoms with Crippen molar-refractivity contribution in [2.24, 2.45) is 5.92 Å². The van der Waals surface area contributed by atoms with E-state index < -0.39 is 0 Å². The minimum absolute atomic E-state index is 0.152. The van der Waals surface area contributed by atoms with Crippen molar-refractivity contribution in [2.75, 3.05) is 19.6 Å². The summed E-state index contributed by atoms with van der Waals surface area (Å²) in [5.74, 6) is 0.967. The molecule has 1 atom stereocenters. The molecule has 2 heterocycles. The number of pyridine rings is 1. The first kappa shape index (κ1) is 11.7. The Balaban J connectivity index is 1.74. The standard InChI is InChI=1S/C14H19N3O/c18-14(8-11-3-4-11)17-7-6-16-10-13(17)12-2-1-5-15-9-12/h1-2,5,9,11,13,16H,3-4,6-8,10H2. The molecule has 1 saturated heterocycles. The van der Waals surface area contributed by atoms with Crippen LogP contribution in [0.3, 0.4) is 0 Å². The quantitative estimate of drug-likeness (QED) is 0.874. The fourth-order valence-corrected chi connectivity index (χ4v) is 2.56. The van der Waals surface area contributed by atoms with Gasteiger partial charge in [-0.15, -0.1) is 0 Å². The number of carbonyl (C=O) groups excluding carboxylic acids is 1. The van der Waals surface area contributed by atoms with Gasteiger partial charge in [0.1, 0.15) is 0 Å². The van der Waals surface area contributed by atoms with Gasteiger partial charge in [0.05, 0.1) is 6.04 Å². The van der Waals surface area contributed by atoms with Gasteiger partial charge in [0.25, 0.3) is 0 Å². The summed E-state index contributed by atoms with van der Waals surface area (Å²) < 4.78 is 0. The molecule has 1 unspecified atom stereocenters. The van der Waals surface area contributed by atoms with Crippen LogP contribution in [0, 0.1) is 5.92 Å². The minimum atomic E-state index is 0.152. The van der Waals surface area contributed by atoms with Gasteiger partial charge in [-0.25, -0.2) is 0 Å². The molecule has 2 aliphatic rings. The largest absolute Gasteiger partial charge is 0.333 e. The maximum atomic E-state index is 12.3. The Morgan fingerprint density at radius 1 is 1.50 bits per heavy atom. The normalized spacial score (nSPS) is 24.0. The number of nitrogens with zero attached hydrogens (tertiary/aromatic N) is 2. The smallest absolute Gasteiger partial charge is 0.223 e. The first-order valence-electron chi connectivity index (χ1n) is 6.74. The van der Waals surface area contributed by atoms with Gasteiger partial charge in [0.15, 0.2) is 0 Å². The van der Waals surface area contributed by atoms with Crippen molar-refractivity contribution < 1.29 is 4.79 Å². The number of hydrogen-bond acceptors (Lipinski definition) is 3. The lowest BCUT2D eigenvalue weighted by molar-refractivity contribution is -0.134. The zero-order valence-corrected chi connectivity index (χ0v) is 10.5. The summed E-state index contributed by atoms with van der Waals surface area (Å²) in [5.41, 5.74) is 1.13. The second-order valence-corrected chi connectivity index (χ2v) is 5.24. The molecule has 1 aromatic rings. The molecule has 1 aliphatic carbocycles. The van der Waals surface area contributed by atoms with Crippen LogP contribution in [-0.4, -0.2) is 35.4 Å². The third kappa shape index (κ3) is 2.53. The van der Waals surface area contributed by atoms with E-state index in [1.54, 1.807) is 6.20 Å². The Hall–Kier alpha value is -1.42. The highest BCUT2D eigenvalue weighted by molar-refractivity contribution is 5.77. The lowest BCUT2D eigenvalue weighted by Gasteiger charge is -2.36. The molecule has 96 valence electrons. The predicted molar refractivity (Wildman–Crippen MR) is 68.9 cm³/mol. The summed E-state index contributed by atoms with van der Waals surface area (Å²) in [4.78, 5) is 18.5. The molecule has 1 aliphatic heterocycles. The van der Waals surface area contributed by atoms with E-state index in [0.29, 0.717) is 11.8 Å². The van der Waals surface area contributed by atoms with Gasteiger partial charge in [-0.05, 0) is 30.4 Å². The molecule has 0 bridgehead atoms. The Morgan fingerprint density at radius 3 is 3.11 bits per heavy atom. The fraction of sp³-hybridized carbons (Fsp3) is 0.571. The monoisotopic (exact) mass is 245 g/mol. The van der Waals surface area contributed by atoms with Crippen molar-refractivity contribution in [3.05, 3.63) is 30.1 Å². The van der Waals surface area contributed by atoms with Crippen LogP contribution < -0.4 is 5.32 Å². The summed E-state index contributed by atoms with van der Waals surface area (Å²) >= 11 is 0. The fourth-order valence-electron chi connectivity index (χ4n) is 2.56. The van der Waals surface area contributed by atoms with Crippen LogP contribution in [-0.2, 0) is 4.79 Å². The number of piperazine rings is 1. The molecule has 0 radical (unpaired) electrons. The van der Waals surface area contributed by atoms with Crippen LogP contribution in [0.25, 0.3) is 0 Å². The first-order valence-corrected chi connectivity index (χ1v) is 6.74. The number of amides is 1. The summed E-state index contributed by atoms with van der Waals surface area (Å²) in [6, 6.07) is 4.15. The van der Waals surface area contributed by atoms with Crippen molar-refractivity contribution >= 4 is 5.91 Å². The van der Waals surface area contributed by atoms with E-state index in [9.17, 15) is 4.79 Å². The van der Waals surface area contributed by atoms with Crippen molar-refractivity contribution in [3.63, 3.8) is 0 Å². The van der Waals surface area contributed by atoms with E-state index in [4.69, 9.17) is 0 Å². The second-order valence-electron chi connectivity index (χ2n) is 5.24. The number of rotatable bonds is 3. The SMILES string of the molecule is O=C(CC1CC1)N1CCNCC1c1cccnc1. The Bertz CT molecular complexity index is 416. The predicted octanol–water partition coefficient (Wildman–Crippen LogP) is 1.35. The van der Waals surface area contributed by atoms with Crippen LogP contribution in [0.2, 0.25) is 0 Å². The minimum Gasteiger partial charge on any atom is -0.333 e. The van der Waals surface area contributed by atoms with Gasteiger partial charge in [0.2, 0.25) is 5.91 Å². The molecule has 1 saturated carbocycles. The Morgan fingerprint density at radius 2 is 2.39 bits per heavy atom. The molecule has 18 heavy (non-hydrogen) atoms. The van der Waals surface area contributed by atoms with Crippen molar-refractivity contribution in [1.29, 1.82) is 0 Å². The topological polar surface area (TPSA) is 45.2 Å². The van der Waals surface area contributed by atoms with Crippen molar-refractivity contribution in [1.82, 2.24) is 15.2 Å². The molecule has 1 aromatic heterocycles. The molecule has 3 rings (SSSR count). The molecule has 0 aromatic carbocycles. The average molecular weight is 245 g/mol. The van der Waals surface area contributed by atoms with E-state index in [1.165, 1.54) is 12.8 Å². The Kier molecular flexibility index (Phi) is 3.28. The van der Waals surface area contributed by atoms with E-state index >= 15 is 0 Å². The lowest BCUT2D eigenvalue weighted by atomic mass is 10.0. The number of hydrogen-bond donors (Lipinski definition) is 1. The highest BCUT2D eigenvalue weighted by Crippen LogP contribution is 2.34. The average Bonchev–Trinajstić information content (AvgIpc) is 3.24. The van der Waals surface area contributed by atoms with Gasteiger partial charge < -0.3 is 10.2 Å². The van der Waals surface area contributed by atoms with Crippen molar-refractivity contribution in [2.45, 2.75) is 25.3 Å². The molecule has 2 fully saturated rings. The zero-order chi connectivity index (χ0) is 12.4. The maximum absolute atomic E-state index is 12.3. The molecule has 1 amide bonds. The first-order chi connectivity index (χ1) is 8.84. The van der Waals surface area contributed by atoms with Gasteiger partial charge >= 0.3 is 0 Å². The van der Waals surface area contributed by atoms with Crippen LogP contribution in [0.4, 0.5) is 0 Å². The third-order valence-corrected chi connectivity index (χ3v) is 3.79. The molecule has 0 spiro atoms. The van der Waals surface area contributed by atoms with Crippen LogP contribution >= 0.6 is 0 Å². The molecular weight excluding hydrogens is 226 g/mol. The van der Waals surface area contributed by atoms with E-state index in [-0.39, 0.29) is 6.04 Å². The second kappa shape index (κ2) is 5.06. The number of aromatic nitrogens is 1. The van der Waals surface area contributed by atoms with Crippen LogP contribution in [0.5, 0.6) is 0 Å². The highest BCUT2D eigenvalue weighted by Gasteiger charge is 2.32. The zero-order valence-electron chi connectivity index (χ0n) is 10.5. The van der Waals surface area contributed by atoms with Gasteiger partial charge in [-0.1, -0.05) is 6.07 Å². The van der Waals surface area contributed by atoms with Gasteiger partial charge in [0, 0.05) is 38.4 Å². The number of nitrogens with one attached hydrogen (secondary N) is 1. The van der Waals surface area contributed by atoms with E-state index in [2.05, 4.69) is 16.4 Å². The highest BCUT2D eigenvalue weighted by atomic mass is 16.2. The molecule has 4 nitrogen and oxygen atoms in total. The van der Waals surface area contributed by atoms with Crippen molar-refractivity contribution in [3.8, 4) is 0 Å². The van der Waals surface area contributed by atoms with E-state index in [0.717, 1.165) is 31.6 Å². The summed E-state index contributed by atoms with van der Waals surface area (Å²) in [5, 5.41) is 3.37. The third-order valence-electron chi connectivity index (χ3n) is 3.79. The summed E-state index contributed by atoms with van der Waals surface area (Å²) in [6.07, 6.45) is 6.84. The summed E-state index contributed by atoms with van der Waals surface area (Å²) in [6.45, 7) is 2.54. The van der Waals surface area contributed by atoms with Crippen LogP contribution in [0.15, 0.2) is 24.5 Å².